The highest BCUT2D eigenvalue weighted by Gasteiger charge is 2.12. The van der Waals surface area contributed by atoms with Gasteiger partial charge >= 0.3 is 0 Å². The standard InChI is InChI=1S/C23H18BrCl3N2O4/c1-31-21-9-14(8-17(24)23(21)33-12-15-4-2-3-5-18(15)26)11-28-29-22(30)13-32-20-7-6-16(25)10-19(20)27/h2-11H,12-13H2,1H3,(H,29,30). The zero-order chi connectivity index (χ0) is 23.8. The summed E-state index contributed by atoms with van der Waals surface area (Å²) >= 11 is 21.5. The van der Waals surface area contributed by atoms with Gasteiger partial charge in [-0.2, -0.15) is 5.10 Å². The molecule has 10 heteroatoms. The van der Waals surface area contributed by atoms with Crippen molar-refractivity contribution in [2.75, 3.05) is 13.7 Å². The first kappa shape index (κ1) is 25.2. The van der Waals surface area contributed by atoms with Gasteiger partial charge in [-0.3, -0.25) is 4.79 Å². The van der Waals surface area contributed by atoms with E-state index in [-0.39, 0.29) is 13.2 Å². The SMILES string of the molecule is COc1cc(C=NNC(=O)COc2ccc(Cl)cc2Cl)cc(Br)c1OCc1ccccc1Cl. The lowest BCUT2D eigenvalue weighted by atomic mass is 10.2. The van der Waals surface area contributed by atoms with E-state index in [1.165, 1.54) is 19.4 Å². The van der Waals surface area contributed by atoms with Crippen LogP contribution >= 0.6 is 50.7 Å². The van der Waals surface area contributed by atoms with Gasteiger partial charge < -0.3 is 14.2 Å². The van der Waals surface area contributed by atoms with Crippen molar-refractivity contribution >= 4 is 62.9 Å². The van der Waals surface area contributed by atoms with E-state index in [2.05, 4.69) is 26.5 Å². The van der Waals surface area contributed by atoms with Crippen LogP contribution in [0.2, 0.25) is 15.1 Å². The lowest BCUT2D eigenvalue weighted by Gasteiger charge is -2.14. The molecule has 3 rings (SSSR count). The van der Waals surface area contributed by atoms with Crippen LogP contribution in [0.5, 0.6) is 17.2 Å². The van der Waals surface area contributed by atoms with E-state index >= 15 is 0 Å². The first-order valence-electron chi connectivity index (χ1n) is 9.51. The lowest BCUT2D eigenvalue weighted by Crippen LogP contribution is -2.24. The summed E-state index contributed by atoms with van der Waals surface area (Å²) in [5, 5.41) is 5.36. The number of hydrogen-bond donors (Lipinski definition) is 1. The number of ether oxygens (including phenoxy) is 3. The maximum Gasteiger partial charge on any atom is 0.277 e. The summed E-state index contributed by atoms with van der Waals surface area (Å²) in [5.74, 6) is 0.904. The van der Waals surface area contributed by atoms with Crippen molar-refractivity contribution in [2.24, 2.45) is 5.10 Å². The number of methoxy groups -OCH3 is 1. The molecule has 0 heterocycles. The Morgan fingerprint density at radius 3 is 2.55 bits per heavy atom. The van der Waals surface area contributed by atoms with Gasteiger partial charge in [0.25, 0.3) is 5.91 Å². The van der Waals surface area contributed by atoms with Gasteiger partial charge in [-0.25, -0.2) is 5.43 Å². The van der Waals surface area contributed by atoms with Crippen molar-refractivity contribution in [1.29, 1.82) is 0 Å². The minimum Gasteiger partial charge on any atom is -0.493 e. The fraction of sp³-hybridized carbons (Fsp3) is 0.130. The van der Waals surface area contributed by atoms with Gasteiger partial charge in [-0.1, -0.05) is 53.0 Å². The summed E-state index contributed by atoms with van der Waals surface area (Å²) in [6, 6.07) is 15.7. The Morgan fingerprint density at radius 1 is 1.03 bits per heavy atom. The molecule has 0 radical (unpaired) electrons. The highest BCUT2D eigenvalue weighted by atomic mass is 79.9. The molecular weight excluding hydrogens is 555 g/mol. The second-order valence-corrected chi connectivity index (χ2v) is 8.68. The van der Waals surface area contributed by atoms with E-state index < -0.39 is 5.91 Å². The Bertz CT molecular complexity index is 1170. The molecule has 6 nitrogen and oxygen atoms in total. The highest BCUT2D eigenvalue weighted by molar-refractivity contribution is 9.10. The zero-order valence-electron chi connectivity index (χ0n) is 17.3. The summed E-state index contributed by atoms with van der Waals surface area (Å²) in [5.41, 5.74) is 3.91. The van der Waals surface area contributed by atoms with Crippen LogP contribution in [-0.4, -0.2) is 25.8 Å². The largest absolute Gasteiger partial charge is 0.493 e. The molecule has 0 aliphatic heterocycles. The van der Waals surface area contributed by atoms with Gasteiger partial charge in [-0.15, -0.1) is 0 Å². The summed E-state index contributed by atoms with van der Waals surface area (Å²) < 4.78 is 17.4. The molecule has 0 saturated heterocycles. The van der Waals surface area contributed by atoms with Crippen LogP contribution in [0.25, 0.3) is 0 Å². The molecule has 3 aromatic rings. The number of hydrazone groups is 1. The third kappa shape index (κ3) is 7.27. The molecule has 0 fully saturated rings. The minimum atomic E-state index is -0.456. The molecule has 0 bridgehead atoms. The van der Waals surface area contributed by atoms with E-state index in [4.69, 9.17) is 49.0 Å². The van der Waals surface area contributed by atoms with Crippen LogP contribution in [0.15, 0.2) is 64.2 Å². The van der Waals surface area contributed by atoms with Crippen molar-refractivity contribution < 1.29 is 19.0 Å². The number of carbonyl (C=O) groups is 1. The second kappa shape index (κ2) is 12.1. The van der Waals surface area contributed by atoms with Crippen molar-refractivity contribution in [3.63, 3.8) is 0 Å². The minimum absolute atomic E-state index is 0.263. The number of rotatable bonds is 9. The van der Waals surface area contributed by atoms with Crippen molar-refractivity contribution in [3.8, 4) is 17.2 Å². The van der Waals surface area contributed by atoms with Gasteiger partial charge in [0.05, 0.1) is 22.8 Å². The fourth-order valence-electron chi connectivity index (χ4n) is 2.67. The second-order valence-electron chi connectivity index (χ2n) is 6.57. The van der Waals surface area contributed by atoms with Crippen molar-refractivity contribution in [2.45, 2.75) is 6.61 Å². The number of nitrogens with one attached hydrogen (secondary N) is 1. The van der Waals surface area contributed by atoms with Crippen molar-refractivity contribution in [1.82, 2.24) is 5.43 Å². The van der Waals surface area contributed by atoms with Crippen molar-refractivity contribution in [3.05, 3.63) is 85.3 Å². The average molecular weight is 573 g/mol. The predicted molar refractivity (Wildman–Crippen MR) is 134 cm³/mol. The van der Waals surface area contributed by atoms with Crippen LogP contribution in [0.3, 0.4) is 0 Å². The van der Waals surface area contributed by atoms with Crippen LogP contribution < -0.4 is 19.6 Å². The van der Waals surface area contributed by atoms with Gasteiger partial charge in [-0.05, 0) is 57.9 Å². The molecular formula is C23H18BrCl3N2O4. The summed E-state index contributed by atoms with van der Waals surface area (Å²) in [7, 11) is 1.53. The number of halogens is 4. The van der Waals surface area contributed by atoms with Crippen LogP contribution in [0, 0.1) is 0 Å². The molecule has 3 aromatic carbocycles. The molecule has 0 spiro atoms. The van der Waals surface area contributed by atoms with E-state index in [0.29, 0.717) is 42.4 Å². The van der Waals surface area contributed by atoms with Crippen LogP contribution in [0.4, 0.5) is 0 Å². The lowest BCUT2D eigenvalue weighted by molar-refractivity contribution is -0.123. The van der Waals surface area contributed by atoms with Gasteiger partial charge in [0.1, 0.15) is 12.4 Å². The number of hydrogen-bond acceptors (Lipinski definition) is 5. The smallest absolute Gasteiger partial charge is 0.277 e. The van der Waals surface area contributed by atoms with Crippen LogP contribution in [0.1, 0.15) is 11.1 Å². The fourth-order valence-corrected chi connectivity index (χ4v) is 3.89. The normalized spacial score (nSPS) is 10.8. The summed E-state index contributed by atoms with van der Waals surface area (Å²) in [4.78, 5) is 12.0. The Balaban J connectivity index is 1.59. The number of carbonyl (C=O) groups excluding carboxylic acids is 1. The zero-order valence-corrected chi connectivity index (χ0v) is 21.1. The molecule has 1 amide bonds. The van der Waals surface area contributed by atoms with Crippen LogP contribution in [-0.2, 0) is 11.4 Å². The first-order valence-corrected chi connectivity index (χ1v) is 11.4. The maximum atomic E-state index is 12.0. The molecule has 0 unspecified atom stereocenters. The Kier molecular flexibility index (Phi) is 9.26. The average Bonchev–Trinajstić information content (AvgIpc) is 2.78. The number of benzene rings is 3. The first-order chi connectivity index (χ1) is 15.9. The molecule has 172 valence electrons. The van der Waals surface area contributed by atoms with Gasteiger partial charge in [0, 0.05) is 15.6 Å². The highest BCUT2D eigenvalue weighted by Crippen LogP contribution is 2.37. The third-order valence-electron chi connectivity index (χ3n) is 4.24. The molecule has 0 aliphatic rings. The third-order valence-corrected chi connectivity index (χ3v) is 5.73. The quantitative estimate of drug-likeness (QED) is 0.234. The molecule has 0 saturated carbocycles. The number of nitrogens with zero attached hydrogens (tertiary/aromatic N) is 1. The monoisotopic (exact) mass is 570 g/mol. The topological polar surface area (TPSA) is 69.2 Å². The van der Waals surface area contributed by atoms with E-state index in [1.807, 2.05) is 18.2 Å². The van der Waals surface area contributed by atoms with E-state index in [1.54, 1.807) is 30.3 Å². The summed E-state index contributed by atoms with van der Waals surface area (Å²) in [6.07, 6.45) is 1.47. The Labute approximate surface area is 214 Å². The Morgan fingerprint density at radius 2 is 1.82 bits per heavy atom. The molecule has 0 atom stereocenters. The Hall–Kier alpha value is -2.45. The maximum absolute atomic E-state index is 12.0. The van der Waals surface area contributed by atoms with E-state index in [0.717, 1.165) is 5.56 Å². The molecule has 0 aromatic heterocycles. The molecule has 33 heavy (non-hydrogen) atoms. The summed E-state index contributed by atoms with van der Waals surface area (Å²) in [6.45, 7) is 0.0102. The van der Waals surface area contributed by atoms with Gasteiger partial charge in [0.2, 0.25) is 0 Å². The van der Waals surface area contributed by atoms with Gasteiger partial charge in [0.15, 0.2) is 18.1 Å². The molecule has 1 N–H and O–H groups in total. The predicted octanol–water partition coefficient (Wildman–Crippen LogP) is 6.53. The van der Waals surface area contributed by atoms with E-state index in [9.17, 15) is 4.79 Å². The number of amides is 1. The molecule has 0 aliphatic carbocycles.